The first-order chi connectivity index (χ1) is 15.5. The van der Waals surface area contributed by atoms with E-state index >= 15 is 0 Å². The highest BCUT2D eigenvalue weighted by Gasteiger charge is 2.25. The Labute approximate surface area is 206 Å². The van der Waals surface area contributed by atoms with Crippen molar-refractivity contribution in [2.24, 2.45) is 0 Å². The summed E-state index contributed by atoms with van der Waals surface area (Å²) in [7, 11) is 3.92. The number of hydrogen-bond donors (Lipinski definition) is 2. The van der Waals surface area contributed by atoms with Crippen molar-refractivity contribution in [3.8, 4) is 5.75 Å². The van der Waals surface area contributed by atoms with Crippen molar-refractivity contribution < 1.29 is 9.53 Å². The van der Waals surface area contributed by atoms with E-state index in [4.69, 9.17) is 10.5 Å². The van der Waals surface area contributed by atoms with Gasteiger partial charge in [0.2, 0.25) is 0 Å². The van der Waals surface area contributed by atoms with Gasteiger partial charge in [0.15, 0.2) is 0 Å². The van der Waals surface area contributed by atoms with Crippen LogP contribution in [0.2, 0.25) is 0 Å². The molecule has 9 heteroatoms. The Morgan fingerprint density at radius 3 is 2.73 bits per heavy atom. The number of nitrogens with one attached hydrogen (secondary N) is 1. The third kappa shape index (κ3) is 5.98. The van der Waals surface area contributed by atoms with Crippen molar-refractivity contribution in [3.05, 3.63) is 70.0 Å². The zero-order valence-corrected chi connectivity index (χ0v) is 20.8. The number of fused-ring (bicyclic) bond motifs is 1. The maximum Gasteiger partial charge on any atom is 0.257 e. The molecule has 4 rings (SSSR count). The number of thiophene rings is 1. The first kappa shape index (κ1) is 24.9. The van der Waals surface area contributed by atoms with E-state index in [1.165, 1.54) is 4.88 Å². The Morgan fingerprint density at radius 2 is 2.03 bits per heavy atom. The molecule has 0 radical (unpaired) electrons. The third-order valence-corrected chi connectivity index (χ3v) is 6.59. The molecule has 7 nitrogen and oxygen atoms in total. The van der Waals surface area contributed by atoms with Crippen LogP contribution in [0, 0.1) is 0 Å². The van der Waals surface area contributed by atoms with Gasteiger partial charge in [-0.15, -0.1) is 11.3 Å². The molecule has 1 aliphatic heterocycles. The molecule has 176 valence electrons. The number of benzene rings is 1. The minimum Gasteiger partial charge on any atom is -0.485 e. The molecule has 1 atom stereocenters. The maximum atomic E-state index is 13.1. The lowest BCUT2D eigenvalue weighted by molar-refractivity contribution is 0.0754. The molecule has 3 heterocycles. The zero-order valence-electron chi connectivity index (χ0n) is 19.0. The first-order valence-electron chi connectivity index (χ1n) is 10.7. The molecule has 0 aliphatic carbocycles. The van der Waals surface area contributed by atoms with Gasteiger partial charge in [-0.2, -0.15) is 13.5 Å². The summed E-state index contributed by atoms with van der Waals surface area (Å²) in [6.07, 6.45) is 2.49. The SMILES string of the molecule is CNCC[C@H](Oc1ccc(CN2CCN(C)c3cc(N)ncc3C2=O)cc1)c1cccs1.S. The zero-order chi connectivity index (χ0) is 22.5. The van der Waals surface area contributed by atoms with E-state index in [0.717, 1.165) is 36.5 Å². The molecular weight excluding hydrogens is 454 g/mol. The molecule has 0 saturated carbocycles. The normalized spacial score (nSPS) is 14.3. The Morgan fingerprint density at radius 1 is 1.24 bits per heavy atom. The summed E-state index contributed by atoms with van der Waals surface area (Å²) in [6.45, 7) is 2.78. The number of pyridine rings is 1. The highest BCUT2D eigenvalue weighted by Crippen LogP contribution is 2.29. The standard InChI is InChI=1S/C24H29N5O2S.H2S/c1-26-10-9-21(22-4-3-13-32-22)31-18-7-5-17(6-8-18)16-29-12-11-28(2)20-14-23(25)27-15-19(20)24(29)30;/h3-8,13-15,21,26H,9-12,16H2,1-2H3,(H2,25,27);1H2/t21-;/m0./s1. The summed E-state index contributed by atoms with van der Waals surface area (Å²) in [4.78, 5) is 22.4. The van der Waals surface area contributed by atoms with Crippen molar-refractivity contribution in [1.29, 1.82) is 0 Å². The van der Waals surface area contributed by atoms with Crippen molar-refractivity contribution in [2.75, 3.05) is 44.4 Å². The number of nitrogens with two attached hydrogens (primary N) is 1. The van der Waals surface area contributed by atoms with E-state index in [1.54, 1.807) is 23.6 Å². The van der Waals surface area contributed by atoms with Gasteiger partial charge in [-0.3, -0.25) is 4.79 Å². The van der Waals surface area contributed by atoms with Crippen LogP contribution in [0.4, 0.5) is 11.5 Å². The molecule has 0 spiro atoms. The molecule has 33 heavy (non-hydrogen) atoms. The van der Waals surface area contributed by atoms with Crippen LogP contribution in [0.1, 0.15) is 33.3 Å². The number of nitrogen functional groups attached to an aromatic ring is 1. The van der Waals surface area contributed by atoms with E-state index in [1.807, 2.05) is 43.3 Å². The fourth-order valence-corrected chi connectivity index (χ4v) is 4.61. The van der Waals surface area contributed by atoms with E-state index in [0.29, 0.717) is 24.5 Å². The van der Waals surface area contributed by atoms with Gasteiger partial charge in [0.25, 0.3) is 5.91 Å². The van der Waals surface area contributed by atoms with Crippen LogP contribution in [0.15, 0.2) is 54.0 Å². The number of carbonyl (C=O) groups is 1. The maximum absolute atomic E-state index is 13.1. The molecular formula is C24H31N5O2S2. The number of likely N-dealkylation sites (N-methyl/N-ethyl adjacent to an activating group) is 1. The molecule has 1 aliphatic rings. The molecule has 3 aromatic rings. The van der Waals surface area contributed by atoms with Crippen LogP contribution in [-0.2, 0) is 6.54 Å². The summed E-state index contributed by atoms with van der Waals surface area (Å²) in [6, 6.07) is 14.0. The smallest absolute Gasteiger partial charge is 0.257 e. The van der Waals surface area contributed by atoms with Crippen LogP contribution in [0.5, 0.6) is 5.75 Å². The second-order valence-corrected chi connectivity index (χ2v) is 8.91. The molecule has 2 aromatic heterocycles. The van der Waals surface area contributed by atoms with Crippen LogP contribution in [0.25, 0.3) is 0 Å². The van der Waals surface area contributed by atoms with Gasteiger partial charge in [0.1, 0.15) is 17.7 Å². The summed E-state index contributed by atoms with van der Waals surface area (Å²) in [5, 5.41) is 5.27. The number of nitrogens with zero attached hydrogens (tertiary/aromatic N) is 3. The van der Waals surface area contributed by atoms with Crippen LogP contribution >= 0.6 is 24.8 Å². The van der Waals surface area contributed by atoms with Gasteiger partial charge in [-0.05, 0) is 42.7 Å². The lowest BCUT2D eigenvalue weighted by Crippen LogP contribution is -2.33. The lowest BCUT2D eigenvalue weighted by Gasteiger charge is -2.22. The van der Waals surface area contributed by atoms with Crippen LogP contribution < -0.4 is 20.7 Å². The quantitative estimate of drug-likeness (QED) is 0.507. The summed E-state index contributed by atoms with van der Waals surface area (Å²) in [5.74, 6) is 1.22. The highest BCUT2D eigenvalue weighted by atomic mass is 32.1. The molecule has 0 saturated heterocycles. The average Bonchev–Trinajstić information content (AvgIpc) is 3.31. The van der Waals surface area contributed by atoms with Crippen LogP contribution in [-0.4, -0.2) is 49.5 Å². The number of anilines is 2. The summed E-state index contributed by atoms with van der Waals surface area (Å²) >= 11 is 1.71. The van der Waals surface area contributed by atoms with Gasteiger partial charge in [0, 0.05) is 50.2 Å². The number of rotatable bonds is 8. The Kier molecular flexibility index (Phi) is 8.60. The van der Waals surface area contributed by atoms with Gasteiger partial charge < -0.3 is 25.6 Å². The molecule has 1 aromatic carbocycles. The fourth-order valence-electron chi connectivity index (χ4n) is 3.82. The minimum atomic E-state index is -0.0259. The predicted molar refractivity (Wildman–Crippen MR) is 140 cm³/mol. The van der Waals surface area contributed by atoms with Crippen molar-refractivity contribution in [1.82, 2.24) is 15.2 Å². The van der Waals surface area contributed by atoms with E-state index in [9.17, 15) is 4.79 Å². The third-order valence-electron chi connectivity index (χ3n) is 5.63. The number of hydrogen-bond acceptors (Lipinski definition) is 7. The number of carbonyl (C=O) groups excluding carboxylic acids is 1. The summed E-state index contributed by atoms with van der Waals surface area (Å²) < 4.78 is 6.28. The molecule has 0 unspecified atom stereocenters. The van der Waals surface area contributed by atoms with Crippen molar-refractivity contribution >= 4 is 42.2 Å². The minimum absolute atomic E-state index is 0. The Balaban J connectivity index is 0.00000306. The first-order valence-corrected chi connectivity index (χ1v) is 11.6. The van der Waals surface area contributed by atoms with E-state index in [2.05, 4.69) is 32.7 Å². The van der Waals surface area contributed by atoms with Gasteiger partial charge in [0.05, 0.1) is 11.3 Å². The topological polar surface area (TPSA) is 83.7 Å². The van der Waals surface area contributed by atoms with Crippen molar-refractivity contribution in [2.45, 2.75) is 19.1 Å². The predicted octanol–water partition coefficient (Wildman–Crippen LogP) is 3.66. The van der Waals surface area contributed by atoms with E-state index < -0.39 is 0 Å². The average molecular weight is 486 g/mol. The van der Waals surface area contributed by atoms with Gasteiger partial charge in [-0.25, -0.2) is 4.98 Å². The number of amides is 1. The second-order valence-electron chi connectivity index (χ2n) is 7.93. The van der Waals surface area contributed by atoms with Crippen LogP contribution in [0.3, 0.4) is 0 Å². The Bertz CT molecular complexity index is 1040. The number of aromatic nitrogens is 1. The molecule has 0 bridgehead atoms. The second kappa shape index (κ2) is 11.4. The van der Waals surface area contributed by atoms with Gasteiger partial charge >= 0.3 is 0 Å². The van der Waals surface area contributed by atoms with Gasteiger partial charge in [-0.1, -0.05) is 18.2 Å². The fraction of sp³-hybridized carbons (Fsp3) is 0.333. The molecule has 1 amide bonds. The molecule has 3 N–H and O–H groups in total. The molecule has 0 fully saturated rings. The van der Waals surface area contributed by atoms with Crippen molar-refractivity contribution in [3.63, 3.8) is 0 Å². The monoisotopic (exact) mass is 485 g/mol. The largest absolute Gasteiger partial charge is 0.485 e. The number of ether oxygens (including phenoxy) is 1. The lowest BCUT2D eigenvalue weighted by atomic mass is 10.1. The highest BCUT2D eigenvalue weighted by molar-refractivity contribution is 7.59. The van der Waals surface area contributed by atoms with E-state index in [-0.39, 0.29) is 25.5 Å². The summed E-state index contributed by atoms with van der Waals surface area (Å²) in [5.41, 5.74) is 8.30. The Hall–Kier alpha value is -2.75.